The molecular formula is C22H25ClN2O3S. The van der Waals surface area contributed by atoms with E-state index in [1.54, 1.807) is 36.4 Å². The molecule has 0 bridgehead atoms. The second-order valence-electron chi connectivity index (χ2n) is 7.46. The van der Waals surface area contributed by atoms with Gasteiger partial charge in [0.05, 0.1) is 16.5 Å². The van der Waals surface area contributed by atoms with Crippen molar-refractivity contribution in [1.82, 2.24) is 4.31 Å². The first-order chi connectivity index (χ1) is 14.0. The summed E-state index contributed by atoms with van der Waals surface area (Å²) < 4.78 is 28.7. The molecule has 7 heteroatoms. The molecule has 1 N–H and O–H groups in total. The zero-order chi connectivity index (χ0) is 20.9. The fourth-order valence-corrected chi connectivity index (χ4v) is 5.77. The second kappa shape index (κ2) is 9.73. The topological polar surface area (TPSA) is 81.4 Å². The van der Waals surface area contributed by atoms with Crippen molar-refractivity contribution in [2.75, 3.05) is 6.61 Å². The highest BCUT2D eigenvalue weighted by Gasteiger charge is 2.36. The Kier molecular flexibility index (Phi) is 7.31. The molecule has 0 aromatic heterocycles. The smallest absolute Gasteiger partial charge is 0.243 e. The molecule has 0 amide bonds. The molecule has 1 aliphatic rings. The van der Waals surface area contributed by atoms with Gasteiger partial charge in [-0.3, -0.25) is 0 Å². The number of hydrogen-bond acceptors (Lipinski definition) is 4. The third-order valence-corrected chi connectivity index (χ3v) is 7.70. The van der Waals surface area contributed by atoms with E-state index in [1.165, 1.54) is 16.4 Å². The van der Waals surface area contributed by atoms with Crippen LogP contribution in [0.1, 0.15) is 43.2 Å². The molecular weight excluding hydrogens is 408 g/mol. The van der Waals surface area contributed by atoms with Gasteiger partial charge in [-0.05, 0) is 60.7 Å². The lowest BCUT2D eigenvalue weighted by Gasteiger charge is -2.35. The van der Waals surface area contributed by atoms with Crippen molar-refractivity contribution >= 4 is 21.6 Å². The molecule has 2 aromatic carbocycles. The molecule has 0 radical (unpaired) electrons. The largest absolute Gasteiger partial charge is 0.396 e. The summed E-state index contributed by atoms with van der Waals surface area (Å²) in [5.74, 6) is -0.0991. The summed E-state index contributed by atoms with van der Waals surface area (Å²) in [5, 5.41) is 19.5. The number of aliphatic hydroxyl groups is 1. The van der Waals surface area contributed by atoms with Crippen molar-refractivity contribution in [3.63, 3.8) is 0 Å². The standard InChI is InChI=1S/C22H25ClN2O3S/c23-20-10-12-21(13-11-20)29(27,28)25(15-18-8-6-17(14-24)7-9-18)22-5-3-1-2-4-19(22)16-26/h6-13,19,22,26H,1-5,15-16H2/t19-,22+/m1/s1. The molecule has 1 fully saturated rings. The normalized spacial score (nSPS) is 20.2. The van der Waals surface area contributed by atoms with E-state index < -0.39 is 10.0 Å². The van der Waals surface area contributed by atoms with Gasteiger partial charge in [-0.25, -0.2) is 8.42 Å². The lowest BCUT2D eigenvalue weighted by Crippen LogP contribution is -2.44. The van der Waals surface area contributed by atoms with E-state index in [1.807, 2.05) is 0 Å². The number of nitriles is 1. The van der Waals surface area contributed by atoms with Gasteiger partial charge in [0.25, 0.3) is 0 Å². The molecule has 2 aromatic rings. The maximum absolute atomic E-state index is 13.6. The second-order valence-corrected chi connectivity index (χ2v) is 9.79. The first-order valence-corrected chi connectivity index (χ1v) is 11.6. The number of benzene rings is 2. The van der Waals surface area contributed by atoms with E-state index in [-0.39, 0.29) is 30.0 Å². The molecule has 5 nitrogen and oxygen atoms in total. The van der Waals surface area contributed by atoms with Crippen LogP contribution >= 0.6 is 11.6 Å². The van der Waals surface area contributed by atoms with Crippen molar-refractivity contribution in [1.29, 1.82) is 5.26 Å². The Morgan fingerprint density at radius 3 is 2.31 bits per heavy atom. The first-order valence-electron chi connectivity index (χ1n) is 9.83. The number of aliphatic hydroxyl groups excluding tert-OH is 1. The number of halogens is 1. The number of nitrogens with zero attached hydrogens (tertiary/aromatic N) is 2. The number of hydrogen-bond donors (Lipinski definition) is 1. The maximum atomic E-state index is 13.6. The van der Waals surface area contributed by atoms with Crippen LogP contribution in [-0.4, -0.2) is 30.5 Å². The first kappa shape index (κ1) is 21.8. The van der Waals surface area contributed by atoms with E-state index in [4.69, 9.17) is 16.9 Å². The fraction of sp³-hybridized carbons (Fsp3) is 0.409. The summed E-state index contributed by atoms with van der Waals surface area (Å²) in [4.78, 5) is 0.191. The highest BCUT2D eigenvalue weighted by Crippen LogP contribution is 2.32. The Balaban J connectivity index is 2.01. The summed E-state index contributed by atoms with van der Waals surface area (Å²) in [6.45, 7) is 0.155. The lowest BCUT2D eigenvalue weighted by molar-refractivity contribution is 0.139. The van der Waals surface area contributed by atoms with Crippen LogP contribution in [0.2, 0.25) is 5.02 Å². The fourth-order valence-electron chi connectivity index (χ4n) is 3.94. The van der Waals surface area contributed by atoms with Crippen LogP contribution in [0.3, 0.4) is 0 Å². The number of rotatable bonds is 6. The highest BCUT2D eigenvalue weighted by molar-refractivity contribution is 7.89. The molecule has 154 valence electrons. The van der Waals surface area contributed by atoms with Gasteiger partial charge in [-0.15, -0.1) is 0 Å². The molecule has 0 saturated heterocycles. The average Bonchev–Trinajstić information content (AvgIpc) is 2.98. The molecule has 0 heterocycles. The Hall–Kier alpha value is -1.91. The minimum atomic E-state index is -3.79. The average molecular weight is 433 g/mol. The zero-order valence-electron chi connectivity index (χ0n) is 16.2. The predicted octanol–water partition coefficient (Wildman–Crippen LogP) is 4.34. The summed E-state index contributed by atoms with van der Waals surface area (Å²) in [5.41, 5.74) is 1.34. The SMILES string of the molecule is N#Cc1ccc(CN([C@H]2CCCCC[C@@H]2CO)S(=O)(=O)c2ccc(Cl)cc2)cc1. The minimum absolute atomic E-state index is 0.0370. The van der Waals surface area contributed by atoms with Crippen LogP contribution in [-0.2, 0) is 16.6 Å². The van der Waals surface area contributed by atoms with Gasteiger partial charge >= 0.3 is 0 Å². The molecule has 29 heavy (non-hydrogen) atoms. The molecule has 1 saturated carbocycles. The third-order valence-electron chi connectivity index (χ3n) is 5.57. The monoisotopic (exact) mass is 432 g/mol. The van der Waals surface area contributed by atoms with Crippen molar-refractivity contribution in [2.24, 2.45) is 5.92 Å². The summed E-state index contributed by atoms with van der Waals surface area (Å²) in [6, 6.07) is 15.0. The molecule has 3 rings (SSSR count). The Bertz CT molecular complexity index is 953. The van der Waals surface area contributed by atoms with E-state index in [0.717, 1.165) is 31.2 Å². The summed E-state index contributed by atoms with van der Waals surface area (Å²) in [7, 11) is -3.79. The van der Waals surface area contributed by atoms with Gasteiger partial charge in [0.1, 0.15) is 0 Å². The van der Waals surface area contributed by atoms with Crippen LogP contribution in [0.4, 0.5) is 0 Å². The Morgan fingerprint density at radius 1 is 1.03 bits per heavy atom. The van der Waals surface area contributed by atoms with Gasteiger partial charge in [0, 0.05) is 24.2 Å². The van der Waals surface area contributed by atoms with Crippen LogP contribution in [0.15, 0.2) is 53.4 Å². The Morgan fingerprint density at radius 2 is 1.69 bits per heavy atom. The van der Waals surface area contributed by atoms with Gasteiger partial charge in [0.2, 0.25) is 10.0 Å². The van der Waals surface area contributed by atoms with Crippen molar-refractivity contribution in [2.45, 2.75) is 49.6 Å². The van der Waals surface area contributed by atoms with Crippen LogP contribution in [0.25, 0.3) is 0 Å². The van der Waals surface area contributed by atoms with Gasteiger partial charge in [-0.1, -0.05) is 43.0 Å². The molecule has 0 unspecified atom stereocenters. The van der Waals surface area contributed by atoms with E-state index in [0.29, 0.717) is 17.0 Å². The van der Waals surface area contributed by atoms with Gasteiger partial charge in [-0.2, -0.15) is 9.57 Å². The molecule has 2 atom stereocenters. The van der Waals surface area contributed by atoms with Crippen molar-refractivity contribution < 1.29 is 13.5 Å². The summed E-state index contributed by atoms with van der Waals surface area (Å²) >= 11 is 5.95. The quantitative estimate of drug-likeness (QED) is 0.688. The van der Waals surface area contributed by atoms with Crippen molar-refractivity contribution in [3.05, 3.63) is 64.7 Å². The molecule has 0 aliphatic heterocycles. The summed E-state index contributed by atoms with van der Waals surface area (Å²) in [6.07, 6.45) is 4.49. The Labute approximate surface area is 177 Å². The maximum Gasteiger partial charge on any atom is 0.243 e. The molecule has 1 aliphatic carbocycles. The molecule has 0 spiro atoms. The zero-order valence-corrected chi connectivity index (χ0v) is 17.7. The van der Waals surface area contributed by atoms with E-state index in [9.17, 15) is 13.5 Å². The van der Waals surface area contributed by atoms with E-state index >= 15 is 0 Å². The number of sulfonamides is 1. The van der Waals surface area contributed by atoms with Crippen LogP contribution in [0.5, 0.6) is 0 Å². The van der Waals surface area contributed by atoms with Gasteiger partial charge < -0.3 is 5.11 Å². The van der Waals surface area contributed by atoms with Crippen molar-refractivity contribution in [3.8, 4) is 6.07 Å². The minimum Gasteiger partial charge on any atom is -0.396 e. The lowest BCUT2D eigenvalue weighted by atomic mass is 9.95. The predicted molar refractivity (Wildman–Crippen MR) is 113 cm³/mol. The van der Waals surface area contributed by atoms with Crippen LogP contribution in [0, 0.1) is 17.2 Å². The van der Waals surface area contributed by atoms with Crippen LogP contribution < -0.4 is 0 Å². The third kappa shape index (κ3) is 5.18. The van der Waals surface area contributed by atoms with Gasteiger partial charge in [0.15, 0.2) is 0 Å². The van der Waals surface area contributed by atoms with E-state index in [2.05, 4.69) is 6.07 Å². The highest BCUT2D eigenvalue weighted by atomic mass is 35.5.